The van der Waals surface area contributed by atoms with Gasteiger partial charge in [0, 0.05) is 35.8 Å². The van der Waals surface area contributed by atoms with Gasteiger partial charge in [0.15, 0.2) is 0 Å². The first-order chi connectivity index (χ1) is 15.4. The zero-order chi connectivity index (χ0) is 22.8. The predicted molar refractivity (Wildman–Crippen MR) is 132 cm³/mol. The van der Waals surface area contributed by atoms with Crippen LogP contribution >= 0.6 is 23.2 Å². The number of benzene rings is 2. The second-order valence-corrected chi connectivity index (χ2v) is 8.85. The van der Waals surface area contributed by atoms with Crippen LogP contribution in [0.5, 0.6) is 0 Å². The van der Waals surface area contributed by atoms with Gasteiger partial charge >= 0.3 is 0 Å². The summed E-state index contributed by atoms with van der Waals surface area (Å²) in [4.78, 5) is 31.7. The van der Waals surface area contributed by atoms with E-state index in [0.29, 0.717) is 27.6 Å². The molecule has 32 heavy (non-hydrogen) atoms. The molecule has 2 aromatic carbocycles. The molecule has 0 atom stereocenters. The Morgan fingerprint density at radius 3 is 2.44 bits per heavy atom. The minimum absolute atomic E-state index is 0.0861. The SMILES string of the molecule is CCN(c1ccccc1)c1ccc(N=C2C=C(CC(=O)C3CC3)C(=O)C(Cl)=C2C)c(Cl)c1. The van der Waals surface area contributed by atoms with Crippen molar-refractivity contribution >= 4 is 57.5 Å². The van der Waals surface area contributed by atoms with Crippen LogP contribution in [0.2, 0.25) is 5.02 Å². The highest BCUT2D eigenvalue weighted by Gasteiger charge is 2.32. The lowest BCUT2D eigenvalue weighted by Gasteiger charge is -2.23. The molecule has 0 N–H and O–H groups in total. The molecule has 0 radical (unpaired) electrons. The van der Waals surface area contributed by atoms with E-state index in [1.54, 1.807) is 13.0 Å². The van der Waals surface area contributed by atoms with Crippen LogP contribution in [0.3, 0.4) is 0 Å². The van der Waals surface area contributed by atoms with Crippen molar-refractivity contribution in [1.82, 2.24) is 0 Å². The largest absolute Gasteiger partial charge is 0.342 e. The molecule has 0 spiro atoms. The number of aliphatic imine (C=N–C) groups is 1. The number of halogens is 2. The van der Waals surface area contributed by atoms with Crippen molar-refractivity contribution in [2.24, 2.45) is 10.9 Å². The number of nitrogens with zero attached hydrogens (tertiary/aromatic N) is 2. The summed E-state index contributed by atoms with van der Waals surface area (Å²) in [5, 5.41) is 0.605. The van der Waals surface area contributed by atoms with Crippen LogP contribution in [0.25, 0.3) is 0 Å². The molecular formula is C26H24Cl2N2O2. The molecule has 0 heterocycles. The van der Waals surface area contributed by atoms with Crippen molar-refractivity contribution in [3.63, 3.8) is 0 Å². The highest BCUT2D eigenvalue weighted by Crippen LogP contribution is 2.36. The summed E-state index contributed by atoms with van der Waals surface area (Å²) in [5.41, 5.74) is 4.15. The Kier molecular flexibility index (Phi) is 6.63. The van der Waals surface area contributed by atoms with Gasteiger partial charge in [0.25, 0.3) is 0 Å². The Hall–Kier alpha value is -2.69. The lowest BCUT2D eigenvalue weighted by molar-refractivity contribution is -0.121. The van der Waals surface area contributed by atoms with Crippen molar-refractivity contribution in [3.8, 4) is 0 Å². The van der Waals surface area contributed by atoms with Crippen molar-refractivity contribution < 1.29 is 9.59 Å². The molecule has 164 valence electrons. The molecule has 0 amide bonds. The molecule has 0 aliphatic heterocycles. The number of Topliss-reactive ketones (excluding diaryl/α,β-unsaturated/α-hetero) is 2. The van der Waals surface area contributed by atoms with Crippen LogP contribution in [0.1, 0.15) is 33.1 Å². The van der Waals surface area contributed by atoms with Gasteiger partial charge in [-0.25, -0.2) is 4.99 Å². The van der Waals surface area contributed by atoms with E-state index in [1.165, 1.54) is 0 Å². The Balaban J connectivity index is 1.65. The van der Waals surface area contributed by atoms with E-state index in [9.17, 15) is 9.59 Å². The molecule has 1 saturated carbocycles. The van der Waals surface area contributed by atoms with Crippen LogP contribution in [0, 0.1) is 5.92 Å². The average Bonchev–Trinajstić information content (AvgIpc) is 3.64. The number of hydrogen-bond donors (Lipinski definition) is 0. The average molecular weight is 467 g/mol. The fourth-order valence-electron chi connectivity index (χ4n) is 3.75. The van der Waals surface area contributed by atoms with Crippen LogP contribution in [-0.4, -0.2) is 23.8 Å². The summed E-state index contributed by atoms with van der Waals surface area (Å²) < 4.78 is 0. The Morgan fingerprint density at radius 1 is 1.09 bits per heavy atom. The number of hydrogen-bond acceptors (Lipinski definition) is 4. The predicted octanol–water partition coefficient (Wildman–Crippen LogP) is 6.96. The van der Waals surface area contributed by atoms with Gasteiger partial charge in [-0.15, -0.1) is 0 Å². The molecule has 2 aliphatic rings. The number of para-hydroxylation sites is 1. The lowest BCUT2D eigenvalue weighted by Crippen LogP contribution is -2.18. The van der Waals surface area contributed by atoms with Gasteiger partial charge in [-0.2, -0.15) is 0 Å². The minimum atomic E-state index is -0.292. The van der Waals surface area contributed by atoms with E-state index in [-0.39, 0.29) is 28.9 Å². The van der Waals surface area contributed by atoms with Crippen molar-refractivity contribution in [1.29, 1.82) is 0 Å². The molecule has 0 bridgehead atoms. The number of rotatable bonds is 7. The lowest BCUT2D eigenvalue weighted by atomic mass is 9.93. The van der Waals surface area contributed by atoms with Gasteiger partial charge in [0.2, 0.25) is 5.78 Å². The highest BCUT2D eigenvalue weighted by molar-refractivity contribution is 6.49. The monoisotopic (exact) mass is 466 g/mol. The number of carbonyl (C=O) groups is 2. The molecule has 4 rings (SSSR count). The molecule has 4 nitrogen and oxygen atoms in total. The zero-order valence-electron chi connectivity index (χ0n) is 18.1. The zero-order valence-corrected chi connectivity index (χ0v) is 19.6. The number of allylic oxidation sites excluding steroid dienone is 4. The first-order valence-corrected chi connectivity index (χ1v) is 11.5. The molecule has 6 heteroatoms. The Morgan fingerprint density at radius 2 is 1.81 bits per heavy atom. The maximum absolute atomic E-state index is 12.6. The summed E-state index contributed by atoms with van der Waals surface area (Å²) in [6.45, 7) is 4.62. The standard InChI is InChI=1S/C26H24Cl2N2O2/c1-3-30(19-7-5-4-6-8-19)20-11-12-22(21(27)15-20)29-23-13-18(14-24(31)17-9-10-17)26(32)25(28)16(23)2/h4-8,11-13,15,17H,3,9-10,14H2,1-2H3. The van der Waals surface area contributed by atoms with Crippen molar-refractivity contribution in [2.75, 3.05) is 11.4 Å². The summed E-state index contributed by atoms with van der Waals surface area (Å²) in [7, 11) is 0. The van der Waals surface area contributed by atoms with Gasteiger partial charge in [-0.05, 0) is 68.7 Å². The second-order valence-electron chi connectivity index (χ2n) is 8.07. The summed E-state index contributed by atoms with van der Waals surface area (Å²) in [6.07, 6.45) is 3.59. The maximum Gasteiger partial charge on any atom is 0.201 e. The van der Waals surface area contributed by atoms with Crippen molar-refractivity contribution in [3.05, 3.63) is 75.8 Å². The first-order valence-electron chi connectivity index (χ1n) is 10.7. The van der Waals surface area contributed by atoms with Crippen molar-refractivity contribution in [2.45, 2.75) is 33.1 Å². The Bertz CT molecular complexity index is 1160. The summed E-state index contributed by atoms with van der Waals surface area (Å²) >= 11 is 12.9. The van der Waals surface area contributed by atoms with Crippen LogP contribution in [-0.2, 0) is 9.59 Å². The van der Waals surface area contributed by atoms with E-state index in [4.69, 9.17) is 23.2 Å². The first kappa shape index (κ1) is 22.5. The van der Waals surface area contributed by atoms with E-state index in [2.05, 4.69) is 28.9 Å². The summed E-state index contributed by atoms with van der Waals surface area (Å²) in [5.74, 6) is -0.112. The molecule has 0 aromatic heterocycles. The van der Waals surface area contributed by atoms with Gasteiger partial charge in [-0.1, -0.05) is 41.4 Å². The third kappa shape index (κ3) is 4.72. The smallest absolute Gasteiger partial charge is 0.201 e. The van der Waals surface area contributed by atoms with E-state index < -0.39 is 0 Å². The van der Waals surface area contributed by atoms with Gasteiger partial charge < -0.3 is 4.90 Å². The summed E-state index contributed by atoms with van der Waals surface area (Å²) in [6, 6.07) is 15.8. The second kappa shape index (κ2) is 9.43. The quantitative estimate of drug-likeness (QED) is 0.414. The maximum atomic E-state index is 12.6. The molecule has 2 aromatic rings. The molecule has 2 aliphatic carbocycles. The molecule has 0 saturated heterocycles. The van der Waals surface area contributed by atoms with Gasteiger partial charge in [0.05, 0.1) is 21.5 Å². The number of anilines is 2. The van der Waals surface area contributed by atoms with Crippen LogP contribution in [0.15, 0.2) is 75.8 Å². The fraction of sp³-hybridized carbons (Fsp3) is 0.269. The fourth-order valence-corrected chi connectivity index (χ4v) is 4.19. The highest BCUT2D eigenvalue weighted by atomic mass is 35.5. The number of carbonyl (C=O) groups excluding carboxylic acids is 2. The van der Waals surface area contributed by atoms with Gasteiger partial charge in [-0.3, -0.25) is 9.59 Å². The third-order valence-corrected chi connectivity index (χ3v) is 6.54. The normalized spacial score (nSPS) is 17.6. The number of ketones is 2. The van der Waals surface area contributed by atoms with E-state index in [0.717, 1.165) is 30.8 Å². The topological polar surface area (TPSA) is 49.7 Å². The van der Waals surface area contributed by atoms with Crippen LogP contribution < -0.4 is 4.90 Å². The molecule has 0 unspecified atom stereocenters. The van der Waals surface area contributed by atoms with Crippen LogP contribution in [0.4, 0.5) is 17.1 Å². The Labute approximate surface area is 198 Å². The molecule has 1 fully saturated rings. The van der Waals surface area contributed by atoms with E-state index in [1.807, 2.05) is 36.4 Å². The van der Waals surface area contributed by atoms with Gasteiger partial charge in [0.1, 0.15) is 5.78 Å². The van der Waals surface area contributed by atoms with E-state index >= 15 is 0 Å². The molecular weight excluding hydrogens is 443 g/mol. The minimum Gasteiger partial charge on any atom is -0.342 e. The third-order valence-electron chi connectivity index (χ3n) is 5.78.